The number of hydrogen-bond donors (Lipinski definition) is 1. The molecule has 0 heterocycles. The van der Waals surface area contributed by atoms with Gasteiger partial charge in [-0.05, 0) is 61.9 Å². The Kier molecular flexibility index (Phi) is 8.30. The number of esters is 1. The second-order valence-corrected chi connectivity index (χ2v) is 6.37. The van der Waals surface area contributed by atoms with E-state index in [1.165, 1.54) is 6.21 Å². The Morgan fingerprint density at radius 2 is 1.79 bits per heavy atom. The normalized spacial score (nSPS) is 10.7. The number of carbonyl (C=O) groups is 2. The van der Waals surface area contributed by atoms with Crippen LogP contribution in [0.4, 0.5) is 0 Å². The maximum atomic E-state index is 11.7. The highest BCUT2D eigenvalue weighted by atomic mass is 35.5. The summed E-state index contributed by atoms with van der Waals surface area (Å²) in [5, 5.41) is 4.39. The van der Waals surface area contributed by atoms with Gasteiger partial charge in [-0.1, -0.05) is 17.7 Å². The first-order valence-electron chi connectivity index (χ1n) is 8.55. The summed E-state index contributed by atoms with van der Waals surface area (Å²) in [4.78, 5) is 23.2. The Morgan fingerprint density at radius 3 is 2.46 bits per heavy atom. The molecule has 148 valence electrons. The van der Waals surface area contributed by atoms with Gasteiger partial charge in [-0.25, -0.2) is 10.2 Å². The molecular formula is C20H21ClN2O5. The van der Waals surface area contributed by atoms with Crippen LogP contribution in [0.25, 0.3) is 0 Å². The zero-order valence-electron chi connectivity index (χ0n) is 15.6. The number of hydrazone groups is 1. The van der Waals surface area contributed by atoms with Gasteiger partial charge in [-0.3, -0.25) is 4.79 Å². The van der Waals surface area contributed by atoms with Crippen LogP contribution in [-0.4, -0.2) is 37.4 Å². The van der Waals surface area contributed by atoms with Gasteiger partial charge >= 0.3 is 5.97 Å². The minimum Gasteiger partial charge on any atom is -0.484 e. The molecule has 0 saturated heterocycles. The molecule has 0 aliphatic rings. The number of carbonyl (C=O) groups excluding carboxylic acids is 2. The third kappa shape index (κ3) is 8.09. The quantitative estimate of drug-likeness (QED) is 0.394. The Balaban J connectivity index is 1.73. The fraction of sp³-hybridized carbons (Fsp3) is 0.250. The number of nitrogens with zero attached hydrogens (tertiary/aromatic N) is 1. The van der Waals surface area contributed by atoms with Gasteiger partial charge in [0.05, 0.1) is 12.3 Å². The minimum absolute atomic E-state index is 0.158. The van der Waals surface area contributed by atoms with Crippen molar-refractivity contribution in [2.75, 3.05) is 13.2 Å². The fourth-order valence-electron chi connectivity index (χ4n) is 2.01. The first-order valence-corrected chi connectivity index (χ1v) is 8.93. The molecule has 0 unspecified atom stereocenters. The molecule has 1 N–H and O–H groups in total. The second kappa shape index (κ2) is 10.9. The van der Waals surface area contributed by atoms with E-state index in [-0.39, 0.29) is 19.3 Å². The fourth-order valence-corrected chi connectivity index (χ4v) is 2.19. The third-order valence-electron chi connectivity index (χ3n) is 3.17. The molecule has 0 radical (unpaired) electrons. The van der Waals surface area contributed by atoms with Crippen LogP contribution in [0.5, 0.6) is 11.5 Å². The van der Waals surface area contributed by atoms with Crippen LogP contribution in [0.1, 0.15) is 19.4 Å². The van der Waals surface area contributed by atoms with Crippen LogP contribution in [0.3, 0.4) is 0 Å². The maximum Gasteiger partial charge on any atom is 0.344 e. The van der Waals surface area contributed by atoms with Crippen LogP contribution >= 0.6 is 11.6 Å². The molecule has 0 aliphatic carbocycles. The molecule has 0 saturated carbocycles. The van der Waals surface area contributed by atoms with Crippen molar-refractivity contribution in [3.8, 4) is 11.5 Å². The summed E-state index contributed by atoms with van der Waals surface area (Å²) in [7, 11) is 0. The summed E-state index contributed by atoms with van der Waals surface area (Å²) >= 11 is 5.84. The highest BCUT2D eigenvalue weighted by molar-refractivity contribution is 6.30. The summed E-state index contributed by atoms with van der Waals surface area (Å²) < 4.78 is 15.6. The monoisotopic (exact) mass is 404 g/mol. The molecule has 0 atom stereocenters. The van der Waals surface area contributed by atoms with Gasteiger partial charge in [0.25, 0.3) is 5.91 Å². The largest absolute Gasteiger partial charge is 0.484 e. The summed E-state index contributed by atoms with van der Waals surface area (Å²) in [6.07, 6.45) is 1.30. The molecular weight excluding hydrogens is 384 g/mol. The molecule has 1 amide bonds. The zero-order valence-corrected chi connectivity index (χ0v) is 16.3. The molecule has 0 aromatic heterocycles. The lowest BCUT2D eigenvalue weighted by Gasteiger charge is -2.09. The lowest BCUT2D eigenvalue weighted by atomic mass is 10.2. The van der Waals surface area contributed by atoms with Crippen LogP contribution in [-0.2, 0) is 14.3 Å². The molecule has 8 heteroatoms. The summed E-state index contributed by atoms with van der Waals surface area (Å²) in [5.41, 5.74) is 3.11. The van der Waals surface area contributed by atoms with Crippen molar-refractivity contribution in [1.29, 1.82) is 0 Å². The number of rotatable bonds is 9. The highest BCUT2D eigenvalue weighted by Gasteiger charge is 2.06. The molecule has 28 heavy (non-hydrogen) atoms. The SMILES string of the molecule is CC(C)OC(=O)COc1ccc(C=NNC(=O)COc2cccc(Cl)c2)cc1. The van der Waals surface area contributed by atoms with E-state index < -0.39 is 11.9 Å². The number of halogens is 1. The summed E-state index contributed by atoms with van der Waals surface area (Å²) in [6, 6.07) is 13.6. The predicted octanol–water partition coefficient (Wildman–Crippen LogP) is 3.20. The van der Waals surface area contributed by atoms with Crippen LogP contribution in [0.15, 0.2) is 53.6 Å². The van der Waals surface area contributed by atoms with E-state index in [0.29, 0.717) is 16.5 Å². The van der Waals surface area contributed by atoms with E-state index in [0.717, 1.165) is 5.56 Å². The molecule has 7 nitrogen and oxygen atoms in total. The predicted molar refractivity (Wildman–Crippen MR) is 106 cm³/mol. The molecule has 0 aliphatic heterocycles. The average molecular weight is 405 g/mol. The molecule has 2 aromatic rings. The van der Waals surface area contributed by atoms with E-state index in [2.05, 4.69) is 10.5 Å². The van der Waals surface area contributed by atoms with E-state index in [4.69, 9.17) is 25.8 Å². The van der Waals surface area contributed by atoms with E-state index in [9.17, 15) is 9.59 Å². The maximum absolute atomic E-state index is 11.7. The van der Waals surface area contributed by atoms with Crippen molar-refractivity contribution >= 4 is 29.7 Å². The lowest BCUT2D eigenvalue weighted by Crippen LogP contribution is -2.24. The molecule has 2 rings (SSSR count). The number of hydrogen-bond acceptors (Lipinski definition) is 6. The minimum atomic E-state index is -0.427. The van der Waals surface area contributed by atoms with Crippen molar-refractivity contribution < 1.29 is 23.8 Å². The Morgan fingerprint density at radius 1 is 1.07 bits per heavy atom. The van der Waals surface area contributed by atoms with E-state index >= 15 is 0 Å². The molecule has 0 fully saturated rings. The van der Waals surface area contributed by atoms with Gasteiger partial charge < -0.3 is 14.2 Å². The number of ether oxygens (including phenoxy) is 3. The first-order chi connectivity index (χ1) is 13.4. The highest BCUT2D eigenvalue weighted by Crippen LogP contribution is 2.16. The topological polar surface area (TPSA) is 86.2 Å². The van der Waals surface area contributed by atoms with Gasteiger partial charge in [-0.15, -0.1) is 0 Å². The van der Waals surface area contributed by atoms with E-state index in [1.807, 2.05) is 0 Å². The van der Waals surface area contributed by atoms with Crippen LogP contribution in [0, 0.1) is 0 Å². The smallest absolute Gasteiger partial charge is 0.344 e. The number of amides is 1. The Labute approximate surface area is 168 Å². The first kappa shape index (κ1) is 21.2. The number of nitrogens with one attached hydrogen (secondary N) is 1. The van der Waals surface area contributed by atoms with Crippen LogP contribution < -0.4 is 14.9 Å². The number of benzene rings is 2. The van der Waals surface area contributed by atoms with Crippen LogP contribution in [0.2, 0.25) is 5.02 Å². The van der Waals surface area contributed by atoms with Crippen molar-refractivity contribution in [1.82, 2.24) is 5.43 Å². The average Bonchev–Trinajstić information content (AvgIpc) is 2.65. The van der Waals surface area contributed by atoms with Gasteiger partial charge in [0, 0.05) is 5.02 Å². The third-order valence-corrected chi connectivity index (χ3v) is 3.41. The van der Waals surface area contributed by atoms with Gasteiger partial charge in [0.15, 0.2) is 13.2 Å². The Bertz CT molecular complexity index is 822. The summed E-state index contributed by atoms with van der Waals surface area (Å²) in [6.45, 7) is 3.20. The van der Waals surface area contributed by atoms with Gasteiger partial charge in [0.1, 0.15) is 11.5 Å². The van der Waals surface area contributed by atoms with Gasteiger partial charge in [0.2, 0.25) is 0 Å². The lowest BCUT2D eigenvalue weighted by molar-refractivity contribution is -0.149. The van der Waals surface area contributed by atoms with Crippen molar-refractivity contribution in [2.45, 2.75) is 20.0 Å². The molecule has 0 spiro atoms. The molecule has 2 aromatic carbocycles. The zero-order chi connectivity index (χ0) is 20.4. The van der Waals surface area contributed by atoms with Gasteiger partial charge in [-0.2, -0.15) is 5.10 Å². The second-order valence-electron chi connectivity index (χ2n) is 5.94. The van der Waals surface area contributed by atoms with Crippen molar-refractivity contribution in [2.24, 2.45) is 5.10 Å². The molecule has 0 bridgehead atoms. The van der Waals surface area contributed by atoms with Crippen molar-refractivity contribution in [3.05, 3.63) is 59.1 Å². The van der Waals surface area contributed by atoms with E-state index in [1.54, 1.807) is 62.4 Å². The summed E-state index contributed by atoms with van der Waals surface area (Å²) in [5.74, 6) is 0.194. The Hall–Kier alpha value is -3.06. The van der Waals surface area contributed by atoms with Crippen molar-refractivity contribution in [3.63, 3.8) is 0 Å². The standard InChI is InChI=1S/C20H21ClN2O5/c1-14(2)28-20(25)13-27-17-8-6-15(7-9-17)11-22-23-19(24)12-26-18-5-3-4-16(21)10-18/h3-11,14H,12-13H2,1-2H3,(H,23,24).